The molecular weight excluding hydrogens is 398 g/mol. The Balaban J connectivity index is 1.65. The monoisotopic (exact) mass is 418 g/mol. The lowest BCUT2D eigenvalue weighted by Crippen LogP contribution is -2.41. The largest absolute Gasteiger partial charge is 0.379 e. The van der Waals surface area contributed by atoms with Crippen LogP contribution < -0.4 is 5.73 Å². The quantitative estimate of drug-likeness (QED) is 0.751. The maximum atomic E-state index is 14.9. The van der Waals surface area contributed by atoms with Crippen LogP contribution in [0.15, 0.2) is 35.6 Å². The van der Waals surface area contributed by atoms with E-state index in [1.807, 2.05) is 6.92 Å². The molecule has 2 aliphatic heterocycles. The first kappa shape index (κ1) is 19.9. The van der Waals surface area contributed by atoms with Crippen LogP contribution in [-0.2, 0) is 23.4 Å². The van der Waals surface area contributed by atoms with E-state index in [-0.39, 0.29) is 42.2 Å². The van der Waals surface area contributed by atoms with Gasteiger partial charge in [0.1, 0.15) is 23.7 Å². The molecule has 0 saturated carbocycles. The first-order chi connectivity index (χ1) is 13.9. The van der Waals surface area contributed by atoms with Gasteiger partial charge in [-0.2, -0.15) is 0 Å². The Morgan fingerprint density at radius 3 is 2.93 bits per heavy atom. The molecule has 1 fully saturated rings. The number of aliphatic imine (C=N–C) groups is 1. The van der Waals surface area contributed by atoms with Gasteiger partial charge in [0, 0.05) is 23.7 Å². The summed E-state index contributed by atoms with van der Waals surface area (Å²) >= 11 is 1.44. The summed E-state index contributed by atoms with van der Waals surface area (Å²) in [5.41, 5.74) is 6.39. The molecule has 0 unspecified atom stereocenters. The number of benzene rings is 1. The van der Waals surface area contributed by atoms with E-state index in [0.29, 0.717) is 22.0 Å². The Morgan fingerprint density at radius 1 is 1.38 bits per heavy atom. The molecule has 0 bridgehead atoms. The minimum Gasteiger partial charge on any atom is -0.379 e. The smallest absolute Gasteiger partial charge is 0.187 e. The summed E-state index contributed by atoms with van der Waals surface area (Å²) in [6, 6.07) is 4.57. The van der Waals surface area contributed by atoms with Crippen LogP contribution in [0, 0.1) is 11.7 Å². The number of carbonyl (C=O) groups is 1. The lowest BCUT2D eigenvalue weighted by Gasteiger charge is -2.35. The molecule has 1 saturated heterocycles. The SMILES string of the molecule is C[C@H]1OC[C@]2(c3cc(CC(=O)c4cnc(CF)cn4)ccc3F)N=C(N)SC[C@H]12. The molecule has 6 nitrogen and oxygen atoms in total. The minimum absolute atomic E-state index is 0.0145. The second-order valence-electron chi connectivity index (χ2n) is 7.25. The van der Waals surface area contributed by atoms with Gasteiger partial charge in [-0.1, -0.05) is 17.8 Å². The van der Waals surface area contributed by atoms with Gasteiger partial charge in [0.2, 0.25) is 0 Å². The number of halogens is 2. The van der Waals surface area contributed by atoms with Crippen LogP contribution in [-0.4, -0.2) is 39.4 Å². The van der Waals surface area contributed by atoms with Crippen LogP contribution in [0.4, 0.5) is 8.78 Å². The van der Waals surface area contributed by atoms with Crippen molar-refractivity contribution >= 4 is 22.7 Å². The third-order valence-electron chi connectivity index (χ3n) is 5.46. The van der Waals surface area contributed by atoms with E-state index in [0.717, 1.165) is 0 Å². The molecule has 1 aromatic carbocycles. The first-order valence-electron chi connectivity index (χ1n) is 9.21. The Labute approximate surface area is 171 Å². The number of rotatable bonds is 5. The number of Topliss-reactive ketones (excluding diaryl/α,β-unsaturated/α-hetero) is 1. The Bertz CT molecular complexity index is 969. The Morgan fingerprint density at radius 2 is 2.21 bits per heavy atom. The highest BCUT2D eigenvalue weighted by Gasteiger charge is 2.52. The molecule has 152 valence electrons. The van der Waals surface area contributed by atoms with Gasteiger partial charge in [0.05, 0.1) is 30.8 Å². The van der Waals surface area contributed by atoms with Gasteiger partial charge in [-0.05, 0) is 24.6 Å². The number of ketones is 1. The second-order valence-corrected chi connectivity index (χ2v) is 8.29. The number of hydrogen-bond donors (Lipinski definition) is 1. The Kier molecular flexibility index (Phi) is 5.35. The van der Waals surface area contributed by atoms with Crippen molar-refractivity contribution in [2.45, 2.75) is 31.7 Å². The molecule has 29 heavy (non-hydrogen) atoms. The average molecular weight is 418 g/mol. The van der Waals surface area contributed by atoms with E-state index in [4.69, 9.17) is 10.5 Å². The van der Waals surface area contributed by atoms with Gasteiger partial charge in [-0.15, -0.1) is 0 Å². The number of amidine groups is 1. The molecular formula is C20H20F2N4O2S. The summed E-state index contributed by atoms with van der Waals surface area (Å²) in [6.45, 7) is 1.45. The van der Waals surface area contributed by atoms with Gasteiger partial charge < -0.3 is 10.5 Å². The number of aromatic nitrogens is 2. The zero-order chi connectivity index (χ0) is 20.6. The van der Waals surface area contributed by atoms with Crippen molar-refractivity contribution < 1.29 is 18.3 Å². The summed E-state index contributed by atoms with van der Waals surface area (Å²) in [4.78, 5) is 25.0. The average Bonchev–Trinajstić information content (AvgIpc) is 3.06. The topological polar surface area (TPSA) is 90.5 Å². The normalized spacial score (nSPS) is 26.1. The molecule has 3 atom stereocenters. The predicted octanol–water partition coefficient (Wildman–Crippen LogP) is 2.80. The molecule has 0 amide bonds. The van der Waals surface area contributed by atoms with E-state index in [1.165, 1.54) is 30.2 Å². The van der Waals surface area contributed by atoms with E-state index in [2.05, 4.69) is 15.0 Å². The van der Waals surface area contributed by atoms with Crippen molar-refractivity contribution in [1.29, 1.82) is 0 Å². The van der Waals surface area contributed by atoms with E-state index < -0.39 is 18.0 Å². The molecule has 9 heteroatoms. The highest BCUT2D eigenvalue weighted by atomic mass is 32.2. The van der Waals surface area contributed by atoms with Gasteiger partial charge in [0.25, 0.3) is 0 Å². The van der Waals surface area contributed by atoms with Crippen LogP contribution in [0.3, 0.4) is 0 Å². The van der Waals surface area contributed by atoms with E-state index in [9.17, 15) is 13.6 Å². The van der Waals surface area contributed by atoms with E-state index >= 15 is 0 Å². The number of carbonyl (C=O) groups excluding carboxylic acids is 1. The zero-order valence-corrected chi connectivity index (χ0v) is 16.6. The van der Waals surface area contributed by atoms with E-state index in [1.54, 1.807) is 12.1 Å². The molecule has 0 spiro atoms. The number of hydrogen-bond acceptors (Lipinski definition) is 7. The lowest BCUT2D eigenvalue weighted by atomic mass is 9.78. The maximum Gasteiger partial charge on any atom is 0.187 e. The van der Waals surface area contributed by atoms with Crippen LogP contribution >= 0.6 is 11.8 Å². The fraction of sp³-hybridized carbons (Fsp3) is 0.400. The summed E-state index contributed by atoms with van der Waals surface area (Å²) in [5, 5.41) is 0.406. The van der Waals surface area contributed by atoms with Crippen LogP contribution in [0.25, 0.3) is 0 Å². The second kappa shape index (κ2) is 7.79. The number of nitrogens with zero attached hydrogens (tertiary/aromatic N) is 3. The fourth-order valence-electron chi connectivity index (χ4n) is 3.86. The van der Waals surface area contributed by atoms with Crippen molar-refractivity contribution in [2.75, 3.05) is 12.4 Å². The van der Waals surface area contributed by atoms with Crippen molar-refractivity contribution in [1.82, 2.24) is 9.97 Å². The number of fused-ring (bicyclic) bond motifs is 1. The molecule has 0 aliphatic carbocycles. The van der Waals surface area contributed by atoms with Crippen molar-refractivity contribution in [3.8, 4) is 0 Å². The number of thioether (sulfide) groups is 1. The lowest BCUT2D eigenvalue weighted by molar-refractivity contribution is 0.0987. The molecule has 0 radical (unpaired) electrons. The summed E-state index contributed by atoms with van der Waals surface area (Å²) in [7, 11) is 0. The van der Waals surface area contributed by atoms with Crippen LogP contribution in [0.2, 0.25) is 0 Å². The highest BCUT2D eigenvalue weighted by molar-refractivity contribution is 8.13. The number of alkyl halides is 1. The number of ether oxygens (including phenoxy) is 1. The van der Waals surface area contributed by atoms with Crippen molar-refractivity contribution in [3.63, 3.8) is 0 Å². The van der Waals surface area contributed by atoms with Gasteiger partial charge in [-0.25, -0.2) is 18.8 Å². The molecule has 1 aromatic heterocycles. The zero-order valence-electron chi connectivity index (χ0n) is 15.8. The molecule has 2 aromatic rings. The number of nitrogens with two attached hydrogens (primary N) is 1. The van der Waals surface area contributed by atoms with Crippen molar-refractivity contribution in [3.05, 3.63) is 58.9 Å². The standard InChI is InChI=1S/C20H20F2N4O2S/c1-11-15-9-29-19(23)26-20(15,10-28-11)14-4-12(2-3-16(14)22)5-18(27)17-8-24-13(6-21)7-25-17/h2-4,7-8,11,15H,5-6,9-10H2,1H3,(H2,23,26)/t11-,15-,20-/m1/s1. The fourth-order valence-corrected chi connectivity index (χ4v) is 4.98. The van der Waals surface area contributed by atoms with Gasteiger partial charge in [-0.3, -0.25) is 9.78 Å². The van der Waals surface area contributed by atoms with Crippen LogP contribution in [0.1, 0.15) is 34.2 Å². The summed E-state index contributed by atoms with van der Waals surface area (Å²) in [6.07, 6.45) is 2.43. The minimum atomic E-state index is -0.888. The summed E-state index contributed by atoms with van der Waals surface area (Å²) < 4.78 is 33.3. The molecule has 3 heterocycles. The summed E-state index contributed by atoms with van der Waals surface area (Å²) in [5.74, 6) is -0.0122. The third kappa shape index (κ3) is 3.64. The van der Waals surface area contributed by atoms with Gasteiger partial charge in [0.15, 0.2) is 11.0 Å². The maximum absolute atomic E-state index is 14.9. The molecule has 2 N–H and O–H groups in total. The van der Waals surface area contributed by atoms with Crippen LogP contribution in [0.5, 0.6) is 0 Å². The van der Waals surface area contributed by atoms with Gasteiger partial charge >= 0.3 is 0 Å². The first-order valence-corrected chi connectivity index (χ1v) is 10.2. The highest BCUT2D eigenvalue weighted by Crippen LogP contribution is 2.48. The molecule has 2 aliphatic rings. The van der Waals surface area contributed by atoms with Crippen molar-refractivity contribution in [2.24, 2.45) is 16.6 Å². The predicted molar refractivity (Wildman–Crippen MR) is 106 cm³/mol. The Hall–Kier alpha value is -2.39. The molecule has 4 rings (SSSR count). The third-order valence-corrected chi connectivity index (χ3v) is 6.37.